The van der Waals surface area contributed by atoms with Crippen LogP contribution in [0.3, 0.4) is 0 Å². The number of rotatable bonds is 7. The Morgan fingerprint density at radius 2 is 2.00 bits per heavy atom. The molecule has 0 N–H and O–H groups in total. The molecule has 3 nitrogen and oxygen atoms in total. The van der Waals surface area contributed by atoms with Crippen LogP contribution in [0, 0.1) is 5.82 Å². The first-order valence-corrected chi connectivity index (χ1v) is 10.3. The van der Waals surface area contributed by atoms with Crippen molar-refractivity contribution in [3.63, 3.8) is 0 Å². The molecular weight excluding hydrogens is 433 g/mol. The summed E-state index contributed by atoms with van der Waals surface area (Å²) >= 11 is 0. The number of Topliss-reactive ketones (excluding diaryl/α,β-unsaturated/α-hetero) is 1. The van der Waals surface area contributed by atoms with E-state index in [9.17, 15) is 9.18 Å². The number of halogens is 2. The molecule has 29 heavy (non-hydrogen) atoms. The zero-order valence-corrected chi connectivity index (χ0v) is 18.6. The van der Waals surface area contributed by atoms with Gasteiger partial charge in [0.15, 0.2) is 5.78 Å². The topological polar surface area (TPSA) is 29.5 Å². The Hall–Kier alpha value is -1.72. The molecular formula is C24H29BrFNO2. The van der Waals surface area contributed by atoms with Gasteiger partial charge in [-0.25, -0.2) is 4.39 Å². The molecule has 4 rings (SSSR count). The number of benzene rings is 2. The van der Waals surface area contributed by atoms with Crippen LogP contribution >= 0.6 is 17.0 Å². The van der Waals surface area contributed by atoms with Crippen molar-refractivity contribution >= 4 is 22.8 Å². The molecule has 2 aliphatic rings. The highest BCUT2D eigenvalue weighted by atomic mass is 79.9. The summed E-state index contributed by atoms with van der Waals surface area (Å²) < 4.78 is 18.4. The summed E-state index contributed by atoms with van der Waals surface area (Å²) in [7, 11) is 1.73. The summed E-state index contributed by atoms with van der Waals surface area (Å²) in [5.74, 6) is 0.747. The van der Waals surface area contributed by atoms with E-state index in [-0.39, 0.29) is 28.6 Å². The van der Waals surface area contributed by atoms with Crippen molar-refractivity contribution in [2.24, 2.45) is 0 Å². The molecule has 156 valence electrons. The van der Waals surface area contributed by atoms with E-state index >= 15 is 0 Å². The van der Waals surface area contributed by atoms with Crippen molar-refractivity contribution in [1.82, 2.24) is 4.90 Å². The van der Waals surface area contributed by atoms with Gasteiger partial charge in [0, 0.05) is 18.0 Å². The van der Waals surface area contributed by atoms with Gasteiger partial charge in [0.25, 0.3) is 0 Å². The van der Waals surface area contributed by atoms with Gasteiger partial charge in [-0.2, -0.15) is 0 Å². The Morgan fingerprint density at radius 3 is 2.76 bits per heavy atom. The molecule has 0 spiro atoms. The molecule has 2 bridgehead atoms. The third-order valence-corrected chi connectivity index (χ3v) is 6.67. The maximum Gasteiger partial charge on any atom is 0.162 e. The number of nitrogens with zero attached hydrogens (tertiary/aromatic N) is 1. The predicted molar refractivity (Wildman–Crippen MR) is 119 cm³/mol. The predicted octanol–water partition coefficient (Wildman–Crippen LogP) is 5.57. The Bertz CT molecular complexity index is 841. The summed E-state index contributed by atoms with van der Waals surface area (Å²) in [4.78, 5) is 14.9. The summed E-state index contributed by atoms with van der Waals surface area (Å²) in [5, 5.41) is 0. The largest absolute Gasteiger partial charge is 0.497 e. The Morgan fingerprint density at radius 1 is 1.21 bits per heavy atom. The van der Waals surface area contributed by atoms with E-state index in [0.29, 0.717) is 23.4 Å². The fourth-order valence-corrected chi connectivity index (χ4v) is 5.05. The quantitative estimate of drug-likeness (QED) is 0.504. The van der Waals surface area contributed by atoms with Gasteiger partial charge in [0.1, 0.15) is 11.6 Å². The molecule has 1 heterocycles. The molecule has 5 heteroatoms. The van der Waals surface area contributed by atoms with Crippen molar-refractivity contribution in [2.45, 2.75) is 50.0 Å². The van der Waals surface area contributed by atoms with Crippen LogP contribution in [0.15, 0.2) is 48.5 Å². The minimum absolute atomic E-state index is 0. The van der Waals surface area contributed by atoms with Crippen LogP contribution in [-0.2, 0) is 5.41 Å². The number of fused-ring (bicyclic) bond motifs is 2. The summed E-state index contributed by atoms with van der Waals surface area (Å²) in [6.45, 7) is 2.05. The Kier molecular flexibility index (Phi) is 7.12. The van der Waals surface area contributed by atoms with Gasteiger partial charge in [0.05, 0.1) is 7.11 Å². The summed E-state index contributed by atoms with van der Waals surface area (Å²) in [5.41, 5.74) is 2.32. The fourth-order valence-electron chi connectivity index (χ4n) is 5.05. The number of carbonyl (C=O) groups excluding carboxylic acids is 1. The number of hydrogen-bond donors (Lipinski definition) is 0. The SMILES string of the molecule is Br.COc1cccc(C23CCC(C2)N(CCCC(=O)c2ccc(F)cc2)CC3)c1. The van der Waals surface area contributed by atoms with Crippen LogP contribution in [0.1, 0.15) is 54.4 Å². The molecule has 2 unspecified atom stereocenters. The third-order valence-electron chi connectivity index (χ3n) is 6.67. The Balaban J connectivity index is 0.00000240. The van der Waals surface area contributed by atoms with Gasteiger partial charge in [-0.3, -0.25) is 4.79 Å². The van der Waals surface area contributed by atoms with E-state index in [4.69, 9.17) is 4.74 Å². The van der Waals surface area contributed by atoms with Crippen molar-refractivity contribution in [2.75, 3.05) is 20.2 Å². The molecule has 2 atom stereocenters. The van der Waals surface area contributed by atoms with Crippen LogP contribution in [0.2, 0.25) is 0 Å². The monoisotopic (exact) mass is 461 g/mol. The lowest BCUT2D eigenvalue weighted by Gasteiger charge is -2.40. The first kappa shape index (κ1) is 22.0. The third kappa shape index (κ3) is 4.72. The second-order valence-corrected chi connectivity index (χ2v) is 8.23. The highest BCUT2D eigenvalue weighted by Crippen LogP contribution is 2.49. The zero-order valence-electron chi connectivity index (χ0n) is 16.9. The van der Waals surface area contributed by atoms with Crippen molar-refractivity contribution in [3.05, 3.63) is 65.5 Å². The van der Waals surface area contributed by atoms with E-state index in [2.05, 4.69) is 23.1 Å². The molecule has 0 aromatic heterocycles. The lowest BCUT2D eigenvalue weighted by molar-refractivity contribution is 0.0959. The summed E-state index contributed by atoms with van der Waals surface area (Å²) in [6.07, 6.45) is 6.21. The fraction of sp³-hybridized carbons (Fsp3) is 0.458. The highest BCUT2D eigenvalue weighted by molar-refractivity contribution is 8.93. The average molecular weight is 462 g/mol. The van der Waals surface area contributed by atoms with Gasteiger partial charge in [0.2, 0.25) is 0 Å². The van der Waals surface area contributed by atoms with Gasteiger partial charge in [-0.05, 0) is 92.6 Å². The van der Waals surface area contributed by atoms with Gasteiger partial charge in [-0.1, -0.05) is 12.1 Å². The van der Waals surface area contributed by atoms with E-state index in [1.54, 1.807) is 19.2 Å². The second kappa shape index (κ2) is 9.40. The zero-order chi connectivity index (χ0) is 19.6. The highest BCUT2D eigenvalue weighted by Gasteiger charge is 2.46. The van der Waals surface area contributed by atoms with Crippen LogP contribution in [0.25, 0.3) is 0 Å². The first-order valence-electron chi connectivity index (χ1n) is 10.3. The van der Waals surface area contributed by atoms with Crippen LogP contribution in [0.5, 0.6) is 5.75 Å². The van der Waals surface area contributed by atoms with E-state index in [1.807, 2.05) is 6.07 Å². The number of ketones is 1. The number of carbonyl (C=O) groups is 1. The molecule has 0 amide bonds. The first-order chi connectivity index (χ1) is 13.6. The molecule has 2 aromatic carbocycles. The second-order valence-electron chi connectivity index (χ2n) is 8.23. The number of piperidine rings is 1. The number of ether oxygens (including phenoxy) is 1. The van der Waals surface area contributed by atoms with Gasteiger partial charge >= 0.3 is 0 Å². The minimum atomic E-state index is -0.300. The standard InChI is InChI=1S/C24H28FNO2.BrH/c1-28-22-5-2-4-19(16-22)24-12-11-21(17-24)26(15-13-24)14-3-6-23(27)18-7-9-20(25)10-8-18;/h2,4-5,7-10,16,21H,3,6,11-15,17H2,1H3;1H. The molecule has 0 radical (unpaired) electrons. The molecule has 2 fully saturated rings. The summed E-state index contributed by atoms with van der Waals surface area (Å²) in [6, 6.07) is 15.1. The number of methoxy groups -OCH3 is 1. The lowest BCUT2D eigenvalue weighted by atomic mass is 9.74. The van der Waals surface area contributed by atoms with E-state index in [0.717, 1.165) is 25.3 Å². The molecule has 1 saturated carbocycles. The van der Waals surface area contributed by atoms with Crippen LogP contribution < -0.4 is 4.74 Å². The van der Waals surface area contributed by atoms with Crippen LogP contribution in [-0.4, -0.2) is 36.9 Å². The number of likely N-dealkylation sites (tertiary alicyclic amines) is 1. The molecule has 1 saturated heterocycles. The van der Waals surface area contributed by atoms with Gasteiger partial charge in [-0.15, -0.1) is 17.0 Å². The van der Waals surface area contributed by atoms with Crippen molar-refractivity contribution in [1.29, 1.82) is 0 Å². The molecule has 2 aromatic rings. The van der Waals surface area contributed by atoms with Gasteiger partial charge < -0.3 is 9.64 Å². The van der Waals surface area contributed by atoms with E-state index in [1.165, 1.54) is 43.4 Å². The molecule has 1 aliphatic heterocycles. The maximum absolute atomic E-state index is 13.0. The Labute approximate surface area is 183 Å². The molecule has 1 aliphatic carbocycles. The van der Waals surface area contributed by atoms with Crippen molar-refractivity contribution in [3.8, 4) is 5.75 Å². The minimum Gasteiger partial charge on any atom is -0.497 e. The lowest BCUT2D eigenvalue weighted by Crippen LogP contribution is -2.43. The van der Waals surface area contributed by atoms with E-state index < -0.39 is 0 Å². The number of hydrogen-bond acceptors (Lipinski definition) is 3. The smallest absolute Gasteiger partial charge is 0.162 e. The van der Waals surface area contributed by atoms with Crippen LogP contribution in [0.4, 0.5) is 4.39 Å². The van der Waals surface area contributed by atoms with Crippen molar-refractivity contribution < 1.29 is 13.9 Å². The normalized spacial score (nSPS) is 23.4. The maximum atomic E-state index is 13.0. The average Bonchev–Trinajstić information content (AvgIpc) is 3.09.